The number of hydrogen-bond acceptors (Lipinski definition) is 2. The number of likely N-dealkylation sites (N-methyl/N-ethyl adjacent to an activating group) is 1. The molecule has 0 unspecified atom stereocenters. The Labute approximate surface area is 122 Å². The molecule has 0 radical (unpaired) electrons. The lowest BCUT2D eigenvalue weighted by molar-refractivity contribution is -0.129. The quantitative estimate of drug-likeness (QED) is 0.868. The second kappa shape index (κ2) is 7.77. The molecular weight excluding hydrogens is 316 g/mol. The van der Waals surface area contributed by atoms with Crippen LogP contribution in [-0.4, -0.2) is 30.4 Å². The Balaban J connectivity index is 2.44. The average Bonchev–Trinajstić information content (AvgIpc) is 2.33. The van der Waals surface area contributed by atoms with Gasteiger partial charge in [0.1, 0.15) is 0 Å². The second-order valence-electron chi connectivity index (χ2n) is 3.91. The van der Waals surface area contributed by atoms with Gasteiger partial charge >= 0.3 is 0 Å². The summed E-state index contributed by atoms with van der Waals surface area (Å²) in [6.45, 7) is 6.39. The summed E-state index contributed by atoms with van der Waals surface area (Å²) in [6, 6.07) is 5.74. The third-order valence-electron chi connectivity index (χ3n) is 2.72. The fraction of sp³-hybridized carbons (Fsp3) is 0.462. The summed E-state index contributed by atoms with van der Waals surface area (Å²) >= 11 is 9.46. The van der Waals surface area contributed by atoms with Crippen LogP contribution in [0, 0.1) is 0 Å². The van der Waals surface area contributed by atoms with E-state index in [1.54, 1.807) is 4.90 Å². The van der Waals surface area contributed by atoms with Gasteiger partial charge in [-0.15, -0.1) is 0 Å². The number of nitrogens with zero attached hydrogens (tertiary/aromatic N) is 1. The smallest absolute Gasteiger partial charge is 0.236 e. The largest absolute Gasteiger partial charge is 0.342 e. The van der Waals surface area contributed by atoms with E-state index >= 15 is 0 Å². The first-order chi connectivity index (χ1) is 8.58. The first-order valence-electron chi connectivity index (χ1n) is 6.00. The summed E-state index contributed by atoms with van der Waals surface area (Å²) in [5.74, 6) is 0.119. The van der Waals surface area contributed by atoms with Crippen molar-refractivity contribution in [1.29, 1.82) is 0 Å². The SMILES string of the molecule is CCN(CC)C(=O)CNCc1ccc(Br)cc1Cl. The molecule has 0 saturated heterocycles. The van der Waals surface area contributed by atoms with Gasteiger partial charge in [-0.1, -0.05) is 33.6 Å². The maximum atomic E-state index is 11.8. The van der Waals surface area contributed by atoms with Gasteiger partial charge in [0.25, 0.3) is 0 Å². The van der Waals surface area contributed by atoms with Gasteiger partial charge in [0.15, 0.2) is 0 Å². The third kappa shape index (κ3) is 4.59. The van der Waals surface area contributed by atoms with Gasteiger partial charge in [0.05, 0.1) is 6.54 Å². The van der Waals surface area contributed by atoms with Crippen LogP contribution in [0.4, 0.5) is 0 Å². The van der Waals surface area contributed by atoms with Crippen molar-refractivity contribution in [1.82, 2.24) is 10.2 Å². The lowest BCUT2D eigenvalue weighted by Gasteiger charge is -2.18. The van der Waals surface area contributed by atoms with Crippen molar-refractivity contribution in [2.45, 2.75) is 20.4 Å². The van der Waals surface area contributed by atoms with E-state index in [-0.39, 0.29) is 5.91 Å². The number of carbonyl (C=O) groups is 1. The lowest BCUT2D eigenvalue weighted by atomic mass is 10.2. The summed E-state index contributed by atoms with van der Waals surface area (Å²) in [5, 5.41) is 3.82. The van der Waals surface area contributed by atoms with Crippen LogP contribution in [0.3, 0.4) is 0 Å². The van der Waals surface area contributed by atoms with E-state index in [4.69, 9.17) is 11.6 Å². The van der Waals surface area contributed by atoms with Gasteiger partial charge in [-0.3, -0.25) is 4.79 Å². The maximum Gasteiger partial charge on any atom is 0.236 e. The molecule has 0 aromatic heterocycles. The zero-order valence-corrected chi connectivity index (χ0v) is 13.0. The predicted molar refractivity (Wildman–Crippen MR) is 78.8 cm³/mol. The molecule has 1 rings (SSSR count). The van der Waals surface area contributed by atoms with Crippen molar-refractivity contribution in [3.8, 4) is 0 Å². The highest BCUT2D eigenvalue weighted by Gasteiger charge is 2.08. The molecule has 1 aromatic rings. The molecule has 0 aliphatic heterocycles. The van der Waals surface area contributed by atoms with Gasteiger partial charge < -0.3 is 10.2 Å². The van der Waals surface area contributed by atoms with Crippen LogP contribution in [0.25, 0.3) is 0 Å². The van der Waals surface area contributed by atoms with Crippen LogP contribution < -0.4 is 5.32 Å². The molecular formula is C13H18BrClN2O. The fourth-order valence-electron chi connectivity index (χ4n) is 1.66. The monoisotopic (exact) mass is 332 g/mol. The van der Waals surface area contributed by atoms with E-state index in [0.717, 1.165) is 23.1 Å². The Morgan fingerprint density at radius 1 is 1.39 bits per heavy atom. The summed E-state index contributed by atoms with van der Waals surface area (Å²) < 4.78 is 0.954. The van der Waals surface area contributed by atoms with E-state index in [2.05, 4.69) is 21.2 Å². The van der Waals surface area contributed by atoms with E-state index in [1.165, 1.54) is 0 Å². The number of hydrogen-bond donors (Lipinski definition) is 1. The molecule has 0 atom stereocenters. The summed E-state index contributed by atoms with van der Waals surface area (Å²) in [7, 11) is 0. The highest BCUT2D eigenvalue weighted by molar-refractivity contribution is 9.10. The first-order valence-corrected chi connectivity index (χ1v) is 7.18. The number of rotatable bonds is 6. The molecule has 0 spiro atoms. The Bertz CT molecular complexity index is 408. The number of carbonyl (C=O) groups excluding carboxylic acids is 1. The summed E-state index contributed by atoms with van der Waals surface area (Å²) in [4.78, 5) is 13.6. The highest BCUT2D eigenvalue weighted by Crippen LogP contribution is 2.20. The van der Waals surface area contributed by atoms with E-state index in [9.17, 15) is 4.79 Å². The van der Waals surface area contributed by atoms with Gasteiger partial charge in [-0.05, 0) is 31.5 Å². The third-order valence-corrected chi connectivity index (χ3v) is 3.57. The van der Waals surface area contributed by atoms with Crippen LogP contribution in [0.15, 0.2) is 22.7 Å². The zero-order chi connectivity index (χ0) is 13.5. The van der Waals surface area contributed by atoms with Crippen LogP contribution >= 0.6 is 27.5 Å². The summed E-state index contributed by atoms with van der Waals surface area (Å²) in [6.07, 6.45) is 0. The summed E-state index contributed by atoms with van der Waals surface area (Å²) in [5.41, 5.74) is 0.993. The molecule has 0 saturated carbocycles. The molecule has 0 aliphatic carbocycles. The molecule has 0 bridgehead atoms. The van der Waals surface area contributed by atoms with Crippen molar-refractivity contribution < 1.29 is 4.79 Å². The van der Waals surface area contributed by atoms with E-state index in [0.29, 0.717) is 18.1 Å². The van der Waals surface area contributed by atoms with Crippen molar-refractivity contribution in [2.24, 2.45) is 0 Å². The fourth-order valence-corrected chi connectivity index (χ4v) is 2.40. The van der Waals surface area contributed by atoms with E-state index < -0.39 is 0 Å². The van der Waals surface area contributed by atoms with Crippen molar-refractivity contribution in [3.63, 3.8) is 0 Å². The molecule has 3 nitrogen and oxygen atoms in total. The highest BCUT2D eigenvalue weighted by atomic mass is 79.9. The predicted octanol–water partition coefficient (Wildman–Crippen LogP) is 3.06. The van der Waals surface area contributed by atoms with Crippen LogP contribution in [0.5, 0.6) is 0 Å². The molecule has 1 aromatic carbocycles. The van der Waals surface area contributed by atoms with Crippen molar-refractivity contribution >= 4 is 33.4 Å². The first kappa shape index (κ1) is 15.5. The normalized spacial score (nSPS) is 10.4. The van der Waals surface area contributed by atoms with Crippen LogP contribution in [-0.2, 0) is 11.3 Å². The Morgan fingerprint density at radius 2 is 2.06 bits per heavy atom. The Hall–Kier alpha value is -0.580. The number of halogens is 2. The minimum Gasteiger partial charge on any atom is -0.342 e. The standard InChI is InChI=1S/C13H18BrClN2O/c1-3-17(4-2)13(18)9-16-8-10-5-6-11(14)7-12(10)15/h5-7,16H,3-4,8-9H2,1-2H3. The molecule has 1 N–H and O–H groups in total. The minimum absolute atomic E-state index is 0.119. The minimum atomic E-state index is 0.119. The van der Waals surface area contributed by atoms with E-state index in [1.807, 2.05) is 32.0 Å². The van der Waals surface area contributed by atoms with Crippen LogP contribution in [0.1, 0.15) is 19.4 Å². The maximum absolute atomic E-state index is 11.8. The number of benzene rings is 1. The number of nitrogens with one attached hydrogen (secondary N) is 1. The second-order valence-corrected chi connectivity index (χ2v) is 5.23. The van der Waals surface area contributed by atoms with Gasteiger partial charge in [-0.25, -0.2) is 0 Å². The molecule has 18 heavy (non-hydrogen) atoms. The van der Waals surface area contributed by atoms with Crippen molar-refractivity contribution in [2.75, 3.05) is 19.6 Å². The molecule has 0 heterocycles. The molecule has 5 heteroatoms. The van der Waals surface area contributed by atoms with Gasteiger partial charge in [0.2, 0.25) is 5.91 Å². The molecule has 0 aliphatic rings. The lowest BCUT2D eigenvalue weighted by Crippen LogP contribution is -2.37. The molecule has 100 valence electrons. The Morgan fingerprint density at radius 3 is 2.61 bits per heavy atom. The zero-order valence-electron chi connectivity index (χ0n) is 10.7. The molecule has 1 amide bonds. The van der Waals surface area contributed by atoms with Crippen molar-refractivity contribution in [3.05, 3.63) is 33.3 Å². The number of amides is 1. The molecule has 0 fully saturated rings. The average molecular weight is 334 g/mol. The van der Waals surface area contributed by atoms with Crippen LogP contribution in [0.2, 0.25) is 5.02 Å². The Kier molecular flexibility index (Phi) is 6.68. The van der Waals surface area contributed by atoms with Gasteiger partial charge in [-0.2, -0.15) is 0 Å². The van der Waals surface area contributed by atoms with Gasteiger partial charge in [0, 0.05) is 29.1 Å². The topological polar surface area (TPSA) is 32.3 Å².